The van der Waals surface area contributed by atoms with Crippen LogP contribution in [0.3, 0.4) is 0 Å². The predicted molar refractivity (Wildman–Crippen MR) is 66.5 cm³/mol. The van der Waals surface area contributed by atoms with Crippen LogP contribution in [-0.2, 0) is 4.79 Å². The molecule has 5 heteroatoms. The van der Waals surface area contributed by atoms with Crippen molar-refractivity contribution in [3.05, 3.63) is 0 Å². The van der Waals surface area contributed by atoms with E-state index in [1.54, 1.807) is 11.8 Å². The molecule has 3 nitrogen and oxygen atoms in total. The molecule has 1 saturated carbocycles. The third-order valence-corrected chi connectivity index (χ3v) is 4.56. The summed E-state index contributed by atoms with van der Waals surface area (Å²) in [5, 5.41) is 3.18. The fourth-order valence-corrected chi connectivity index (χ4v) is 3.15. The first kappa shape index (κ1) is 13.1. The summed E-state index contributed by atoms with van der Waals surface area (Å²) in [5.41, 5.74) is 5.94. The van der Waals surface area contributed by atoms with Crippen LogP contribution in [0.4, 0.5) is 0 Å². The summed E-state index contributed by atoms with van der Waals surface area (Å²) in [7, 11) is 0. The van der Waals surface area contributed by atoms with Crippen molar-refractivity contribution in [3.63, 3.8) is 0 Å². The molecular weight excluding hydrogens is 232 g/mol. The van der Waals surface area contributed by atoms with Crippen molar-refractivity contribution in [3.8, 4) is 0 Å². The highest BCUT2D eigenvalue weighted by Gasteiger charge is 2.33. The molecule has 3 N–H and O–H groups in total. The summed E-state index contributed by atoms with van der Waals surface area (Å²) in [6, 6.07) is 0. The van der Waals surface area contributed by atoms with Crippen LogP contribution in [-0.4, -0.2) is 29.0 Å². The normalized spacial score (nSPS) is 27.7. The molecule has 1 amide bonds. The second kappa shape index (κ2) is 5.41. The minimum Gasteiger partial charge on any atom is -0.353 e. The van der Waals surface area contributed by atoms with Crippen LogP contribution in [0.5, 0.6) is 0 Å². The van der Waals surface area contributed by atoms with Gasteiger partial charge in [0.1, 0.15) is 0 Å². The lowest BCUT2D eigenvalue weighted by atomic mass is 9.78. The Hall–Kier alpha value is 0.0700. The van der Waals surface area contributed by atoms with Crippen LogP contribution in [0, 0.1) is 0 Å². The van der Waals surface area contributed by atoms with E-state index in [9.17, 15) is 4.79 Å². The molecule has 15 heavy (non-hydrogen) atoms. The zero-order valence-corrected chi connectivity index (χ0v) is 10.5. The Morgan fingerprint density at radius 2 is 2.20 bits per heavy atom. The quantitative estimate of drug-likeness (QED) is 0.794. The maximum atomic E-state index is 11.6. The van der Waals surface area contributed by atoms with Gasteiger partial charge in [0.05, 0.1) is 5.25 Å². The zero-order valence-electron chi connectivity index (χ0n) is 8.83. The lowest BCUT2D eigenvalue weighted by Gasteiger charge is -2.38. The van der Waals surface area contributed by atoms with Gasteiger partial charge in [-0.05, 0) is 37.9 Å². The van der Waals surface area contributed by atoms with Crippen molar-refractivity contribution in [2.45, 2.75) is 42.9 Å². The summed E-state index contributed by atoms with van der Waals surface area (Å²) in [6.07, 6.45) is 5.55. The number of thioether (sulfide) groups is 1. The standard InChI is InChI=1S/C10H18N2OS.ClH/c11-10(4-2-5-10)7-12-9(13)8-3-1-6-14-8;/h8H,1-7,11H2,(H,12,13);1H. The molecule has 1 heterocycles. The van der Waals surface area contributed by atoms with Gasteiger partial charge in [0.2, 0.25) is 5.91 Å². The molecule has 0 spiro atoms. The van der Waals surface area contributed by atoms with Gasteiger partial charge in [-0.1, -0.05) is 0 Å². The first-order valence-electron chi connectivity index (χ1n) is 5.38. The van der Waals surface area contributed by atoms with Gasteiger partial charge in [-0.25, -0.2) is 0 Å². The number of nitrogens with two attached hydrogens (primary N) is 1. The molecule has 2 fully saturated rings. The Morgan fingerprint density at radius 3 is 2.67 bits per heavy atom. The SMILES string of the molecule is Cl.NC1(CNC(=O)C2CCCS2)CCC1. The van der Waals surface area contributed by atoms with Crippen LogP contribution >= 0.6 is 24.2 Å². The molecular formula is C10H19ClN2OS. The van der Waals surface area contributed by atoms with E-state index in [1.807, 2.05) is 0 Å². The first-order chi connectivity index (χ1) is 6.70. The fraction of sp³-hybridized carbons (Fsp3) is 0.900. The minimum absolute atomic E-state index is 0. The lowest BCUT2D eigenvalue weighted by Crippen LogP contribution is -2.55. The second-order valence-corrected chi connectivity index (χ2v) is 5.75. The van der Waals surface area contributed by atoms with Gasteiger partial charge >= 0.3 is 0 Å². The highest BCUT2D eigenvalue weighted by molar-refractivity contribution is 8.00. The topological polar surface area (TPSA) is 55.1 Å². The average Bonchev–Trinajstić information content (AvgIpc) is 2.63. The number of halogens is 1. The largest absolute Gasteiger partial charge is 0.353 e. The van der Waals surface area contributed by atoms with Crippen molar-refractivity contribution in [1.82, 2.24) is 5.32 Å². The van der Waals surface area contributed by atoms with Crippen molar-refractivity contribution >= 4 is 30.1 Å². The summed E-state index contributed by atoms with van der Waals surface area (Å²) in [6.45, 7) is 0.670. The zero-order chi connectivity index (χ0) is 10.0. The van der Waals surface area contributed by atoms with E-state index in [-0.39, 0.29) is 29.1 Å². The number of rotatable bonds is 3. The maximum absolute atomic E-state index is 11.6. The molecule has 1 unspecified atom stereocenters. The highest BCUT2D eigenvalue weighted by Crippen LogP contribution is 2.29. The number of carbonyl (C=O) groups excluding carboxylic acids is 1. The van der Waals surface area contributed by atoms with Crippen LogP contribution < -0.4 is 11.1 Å². The summed E-state index contributed by atoms with van der Waals surface area (Å²) >= 11 is 1.77. The van der Waals surface area contributed by atoms with E-state index >= 15 is 0 Å². The summed E-state index contributed by atoms with van der Waals surface area (Å²) in [5.74, 6) is 1.33. The smallest absolute Gasteiger partial charge is 0.233 e. The number of hydrogen-bond acceptors (Lipinski definition) is 3. The van der Waals surface area contributed by atoms with Crippen molar-refractivity contribution < 1.29 is 4.79 Å². The molecule has 2 rings (SSSR count). The third kappa shape index (κ3) is 3.26. The van der Waals surface area contributed by atoms with Crippen molar-refractivity contribution in [2.75, 3.05) is 12.3 Å². The molecule has 0 aromatic rings. The predicted octanol–water partition coefficient (Wildman–Crippen LogP) is 1.30. The van der Waals surface area contributed by atoms with E-state index in [0.717, 1.165) is 25.0 Å². The number of nitrogens with one attached hydrogen (secondary N) is 1. The van der Waals surface area contributed by atoms with E-state index in [1.165, 1.54) is 12.8 Å². The Morgan fingerprint density at radius 1 is 1.47 bits per heavy atom. The van der Waals surface area contributed by atoms with Gasteiger partial charge in [0.25, 0.3) is 0 Å². The molecule has 1 aliphatic carbocycles. The van der Waals surface area contributed by atoms with Crippen molar-refractivity contribution in [1.29, 1.82) is 0 Å². The van der Waals surface area contributed by atoms with Gasteiger partial charge in [-0.3, -0.25) is 4.79 Å². The Bertz CT molecular complexity index is 227. The molecule has 1 aliphatic heterocycles. The van der Waals surface area contributed by atoms with Gasteiger partial charge in [0.15, 0.2) is 0 Å². The third-order valence-electron chi connectivity index (χ3n) is 3.19. The van der Waals surface area contributed by atoms with E-state index in [4.69, 9.17) is 5.73 Å². The van der Waals surface area contributed by atoms with Gasteiger partial charge < -0.3 is 11.1 Å². The molecule has 0 aromatic carbocycles. The van der Waals surface area contributed by atoms with Gasteiger partial charge in [-0.2, -0.15) is 0 Å². The van der Waals surface area contributed by atoms with Crippen LogP contribution in [0.15, 0.2) is 0 Å². The molecule has 0 radical (unpaired) electrons. The number of carbonyl (C=O) groups is 1. The Kier molecular flexibility index (Phi) is 4.74. The molecule has 0 bridgehead atoms. The van der Waals surface area contributed by atoms with Gasteiger partial charge in [-0.15, -0.1) is 24.2 Å². The summed E-state index contributed by atoms with van der Waals surface area (Å²) < 4.78 is 0. The van der Waals surface area contributed by atoms with E-state index in [0.29, 0.717) is 6.54 Å². The molecule has 1 saturated heterocycles. The van der Waals surface area contributed by atoms with Crippen LogP contribution in [0.1, 0.15) is 32.1 Å². The molecule has 2 aliphatic rings. The van der Waals surface area contributed by atoms with Crippen LogP contribution in [0.2, 0.25) is 0 Å². The van der Waals surface area contributed by atoms with Gasteiger partial charge in [0, 0.05) is 12.1 Å². The average molecular weight is 251 g/mol. The van der Waals surface area contributed by atoms with Crippen molar-refractivity contribution in [2.24, 2.45) is 5.73 Å². The molecule has 0 aromatic heterocycles. The number of hydrogen-bond donors (Lipinski definition) is 2. The highest BCUT2D eigenvalue weighted by atomic mass is 35.5. The fourth-order valence-electron chi connectivity index (χ4n) is 1.97. The minimum atomic E-state index is -0.0844. The summed E-state index contributed by atoms with van der Waals surface area (Å²) in [4.78, 5) is 11.6. The van der Waals surface area contributed by atoms with E-state index < -0.39 is 0 Å². The lowest BCUT2D eigenvalue weighted by molar-refractivity contribution is -0.121. The number of amides is 1. The molecule has 88 valence electrons. The Labute approximate surface area is 101 Å². The second-order valence-electron chi connectivity index (χ2n) is 4.44. The Balaban J connectivity index is 0.00000112. The maximum Gasteiger partial charge on any atom is 0.233 e. The molecule has 1 atom stereocenters. The van der Waals surface area contributed by atoms with Crippen LogP contribution in [0.25, 0.3) is 0 Å². The first-order valence-corrected chi connectivity index (χ1v) is 6.43. The van der Waals surface area contributed by atoms with E-state index in [2.05, 4.69) is 5.32 Å². The monoisotopic (exact) mass is 250 g/mol.